The average Bonchev–Trinajstić information content (AvgIpc) is 2.91. The van der Waals surface area contributed by atoms with Gasteiger partial charge >= 0.3 is 0 Å². The summed E-state index contributed by atoms with van der Waals surface area (Å²) in [4.78, 5) is 16.3. The lowest BCUT2D eigenvalue weighted by Gasteiger charge is -2.13. The van der Waals surface area contributed by atoms with Crippen molar-refractivity contribution in [3.05, 3.63) is 35.9 Å². The minimum absolute atomic E-state index is 0.0447. The van der Waals surface area contributed by atoms with Crippen LogP contribution in [0.3, 0.4) is 0 Å². The lowest BCUT2D eigenvalue weighted by molar-refractivity contribution is -0.121. The summed E-state index contributed by atoms with van der Waals surface area (Å²) in [5.41, 5.74) is 1.99. The predicted octanol–water partition coefficient (Wildman–Crippen LogP) is 0.904. The standard InChI is InChI=1S/C14H20N6O/c1-11-5-3-6-13(16-11)9-12(2)17-14(21)7-4-8-20-10-15-18-19-20/h3,5-6,10,12H,4,7-9H2,1-2H3,(H,17,21)/t12-/m0/s1. The van der Waals surface area contributed by atoms with Crippen molar-refractivity contribution in [2.45, 2.75) is 45.7 Å². The third kappa shape index (κ3) is 5.29. The maximum absolute atomic E-state index is 11.8. The predicted molar refractivity (Wildman–Crippen MR) is 77.3 cm³/mol. The Morgan fingerprint density at radius 3 is 3.00 bits per heavy atom. The molecule has 7 heteroatoms. The molecule has 0 bridgehead atoms. The van der Waals surface area contributed by atoms with Gasteiger partial charge in [-0.2, -0.15) is 0 Å². The van der Waals surface area contributed by atoms with E-state index in [1.165, 1.54) is 0 Å². The van der Waals surface area contributed by atoms with Gasteiger partial charge in [-0.05, 0) is 42.8 Å². The summed E-state index contributed by atoms with van der Waals surface area (Å²) in [5.74, 6) is 0.0447. The van der Waals surface area contributed by atoms with Crippen molar-refractivity contribution in [2.24, 2.45) is 0 Å². The van der Waals surface area contributed by atoms with E-state index in [-0.39, 0.29) is 11.9 Å². The molecule has 7 nitrogen and oxygen atoms in total. The second-order valence-electron chi connectivity index (χ2n) is 5.12. The van der Waals surface area contributed by atoms with Gasteiger partial charge < -0.3 is 5.32 Å². The Hall–Kier alpha value is -2.31. The zero-order valence-electron chi connectivity index (χ0n) is 12.4. The zero-order chi connectivity index (χ0) is 15.1. The largest absolute Gasteiger partial charge is 0.353 e. The van der Waals surface area contributed by atoms with E-state index < -0.39 is 0 Å². The highest BCUT2D eigenvalue weighted by Gasteiger charge is 2.09. The first kappa shape index (κ1) is 15.1. The summed E-state index contributed by atoms with van der Waals surface area (Å²) in [5, 5.41) is 13.8. The monoisotopic (exact) mass is 288 g/mol. The molecule has 2 rings (SSSR count). The van der Waals surface area contributed by atoms with E-state index in [9.17, 15) is 4.79 Å². The Labute approximate surface area is 123 Å². The molecule has 0 aliphatic heterocycles. The van der Waals surface area contributed by atoms with Crippen LogP contribution in [0, 0.1) is 6.92 Å². The van der Waals surface area contributed by atoms with Gasteiger partial charge in [-0.3, -0.25) is 9.78 Å². The highest BCUT2D eigenvalue weighted by molar-refractivity contribution is 5.76. The number of aromatic nitrogens is 5. The lowest BCUT2D eigenvalue weighted by Crippen LogP contribution is -2.34. The second kappa shape index (κ2) is 7.47. The van der Waals surface area contributed by atoms with Gasteiger partial charge in [-0.25, -0.2) is 4.68 Å². The Morgan fingerprint density at radius 1 is 1.43 bits per heavy atom. The number of aryl methyl sites for hydroxylation is 2. The SMILES string of the molecule is Cc1cccc(C[C@H](C)NC(=O)CCCn2cnnn2)n1. The molecule has 0 radical (unpaired) electrons. The Balaban J connectivity index is 1.69. The molecule has 112 valence electrons. The van der Waals surface area contributed by atoms with Crippen molar-refractivity contribution < 1.29 is 4.79 Å². The van der Waals surface area contributed by atoms with E-state index in [1.807, 2.05) is 32.0 Å². The molecule has 0 aliphatic carbocycles. The van der Waals surface area contributed by atoms with Gasteiger partial charge in [0.15, 0.2) is 0 Å². The summed E-state index contributed by atoms with van der Waals surface area (Å²) < 4.78 is 1.62. The number of tetrazole rings is 1. The zero-order valence-corrected chi connectivity index (χ0v) is 12.4. The van der Waals surface area contributed by atoms with Crippen LogP contribution in [0.2, 0.25) is 0 Å². The van der Waals surface area contributed by atoms with Crippen LogP contribution < -0.4 is 5.32 Å². The molecule has 2 aromatic rings. The minimum Gasteiger partial charge on any atom is -0.353 e. The molecule has 1 amide bonds. The molecule has 0 saturated carbocycles. The van der Waals surface area contributed by atoms with Gasteiger partial charge in [0.25, 0.3) is 0 Å². The molecule has 2 heterocycles. The van der Waals surface area contributed by atoms with Crippen molar-refractivity contribution in [1.29, 1.82) is 0 Å². The van der Waals surface area contributed by atoms with Crippen LogP contribution in [-0.4, -0.2) is 37.1 Å². The number of carbonyl (C=O) groups excluding carboxylic acids is 1. The van der Waals surface area contributed by atoms with Crippen molar-refractivity contribution in [3.8, 4) is 0 Å². The number of carbonyl (C=O) groups is 1. The molecule has 2 aromatic heterocycles. The first-order chi connectivity index (χ1) is 10.1. The van der Waals surface area contributed by atoms with Crippen LogP contribution in [0.4, 0.5) is 0 Å². The van der Waals surface area contributed by atoms with Crippen LogP contribution in [0.5, 0.6) is 0 Å². The number of hydrogen-bond acceptors (Lipinski definition) is 5. The first-order valence-electron chi connectivity index (χ1n) is 7.06. The number of nitrogens with one attached hydrogen (secondary N) is 1. The molecular formula is C14H20N6O. The van der Waals surface area contributed by atoms with Crippen LogP contribution >= 0.6 is 0 Å². The minimum atomic E-state index is 0.0447. The van der Waals surface area contributed by atoms with Gasteiger partial charge in [0.05, 0.1) is 0 Å². The van der Waals surface area contributed by atoms with E-state index in [4.69, 9.17) is 0 Å². The van der Waals surface area contributed by atoms with E-state index in [0.717, 1.165) is 17.8 Å². The fraction of sp³-hybridized carbons (Fsp3) is 0.500. The van der Waals surface area contributed by atoms with Gasteiger partial charge in [-0.1, -0.05) is 6.07 Å². The van der Waals surface area contributed by atoms with Gasteiger partial charge in [-0.15, -0.1) is 5.10 Å². The highest BCUT2D eigenvalue weighted by Crippen LogP contribution is 2.02. The van der Waals surface area contributed by atoms with Crippen molar-refractivity contribution in [3.63, 3.8) is 0 Å². The average molecular weight is 288 g/mol. The van der Waals surface area contributed by atoms with Crippen LogP contribution in [0.25, 0.3) is 0 Å². The number of rotatable bonds is 7. The molecule has 1 N–H and O–H groups in total. The van der Waals surface area contributed by atoms with Crippen LogP contribution in [0.1, 0.15) is 31.2 Å². The van der Waals surface area contributed by atoms with Crippen molar-refractivity contribution in [1.82, 2.24) is 30.5 Å². The Bertz CT molecular complexity index is 569. The normalized spacial score (nSPS) is 12.1. The molecule has 0 saturated heterocycles. The van der Waals surface area contributed by atoms with E-state index in [1.54, 1.807) is 11.0 Å². The number of pyridine rings is 1. The van der Waals surface area contributed by atoms with Crippen molar-refractivity contribution >= 4 is 5.91 Å². The van der Waals surface area contributed by atoms with E-state index in [2.05, 4.69) is 25.8 Å². The topological polar surface area (TPSA) is 85.6 Å². The second-order valence-corrected chi connectivity index (χ2v) is 5.12. The Kier molecular flexibility index (Phi) is 5.36. The summed E-state index contributed by atoms with van der Waals surface area (Å²) in [6.45, 7) is 4.60. The molecule has 0 aromatic carbocycles. The fourth-order valence-electron chi connectivity index (χ4n) is 2.11. The first-order valence-corrected chi connectivity index (χ1v) is 7.06. The summed E-state index contributed by atoms with van der Waals surface area (Å²) >= 11 is 0. The number of hydrogen-bond donors (Lipinski definition) is 1. The quantitative estimate of drug-likeness (QED) is 0.818. The Morgan fingerprint density at radius 2 is 2.29 bits per heavy atom. The third-order valence-corrected chi connectivity index (χ3v) is 3.05. The number of amides is 1. The molecule has 0 unspecified atom stereocenters. The lowest BCUT2D eigenvalue weighted by atomic mass is 10.1. The third-order valence-electron chi connectivity index (χ3n) is 3.05. The van der Waals surface area contributed by atoms with E-state index >= 15 is 0 Å². The maximum Gasteiger partial charge on any atom is 0.220 e. The maximum atomic E-state index is 11.8. The summed E-state index contributed by atoms with van der Waals surface area (Å²) in [7, 11) is 0. The summed E-state index contributed by atoms with van der Waals surface area (Å²) in [6, 6.07) is 6.00. The molecular weight excluding hydrogens is 268 g/mol. The van der Waals surface area contributed by atoms with Gasteiger partial charge in [0.1, 0.15) is 6.33 Å². The molecule has 21 heavy (non-hydrogen) atoms. The molecule has 0 spiro atoms. The van der Waals surface area contributed by atoms with E-state index in [0.29, 0.717) is 19.4 Å². The van der Waals surface area contributed by atoms with Crippen molar-refractivity contribution in [2.75, 3.05) is 0 Å². The smallest absolute Gasteiger partial charge is 0.220 e. The number of nitrogens with zero attached hydrogens (tertiary/aromatic N) is 5. The molecule has 0 fully saturated rings. The fourth-order valence-corrected chi connectivity index (χ4v) is 2.11. The highest BCUT2D eigenvalue weighted by atomic mass is 16.1. The summed E-state index contributed by atoms with van der Waals surface area (Å²) in [6.07, 6.45) is 3.46. The van der Waals surface area contributed by atoms with Crippen LogP contribution in [-0.2, 0) is 17.8 Å². The van der Waals surface area contributed by atoms with Gasteiger partial charge in [0, 0.05) is 36.8 Å². The van der Waals surface area contributed by atoms with Gasteiger partial charge in [0.2, 0.25) is 5.91 Å². The molecule has 0 aliphatic rings. The van der Waals surface area contributed by atoms with Crippen LogP contribution in [0.15, 0.2) is 24.5 Å². The molecule has 1 atom stereocenters.